The van der Waals surface area contributed by atoms with Gasteiger partial charge in [0.15, 0.2) is 5.16 Å². The second-order valence-corrected chi connectivity index (χ2v) is 4.49. The number of nitrogens with two attached hydrogens (primary N) is 1. The van der Waals surface area contributed by atoms with Crippen LogP contribution in [0.3, 0.4) is 0 Å². The largest absolute Gasteiger partial charge is 0.493 e. The fourth-order valence-electron chi connectivity index (χ4n) is 1.11. The molecule has 5 nitrogen and oxygen atoms in total. The topological polar surface area (TPSA) is 75.3 Å². The Morgan fingerprint density at radius 3 is 2.88 bits per heavy atom. The molecule has 0 atom stereocenters. The maximum absolute atomic E-state index is 9.33. The zero-order valence-corrected chi connectivity index (χ0v) is 11.3. The van der Waals surface area contributed by atoms with E-state index in [4.69, 9.17) is 17.4 Å². The average Bonchev–Trinajstić information content (AvgIpc) is 2.28. The zero-order valence-electron chi connectivity index (χ0n) is 9.72. The summed E-state index contributed by atoms with van der Waals surface area (Å²) in [7, 11) is 0. The maximum Gasteiger partial charge on any atom is 0.215 e. The molecule has 0 aliphatic heterocycles. The maximum atomic E-state index is 9.33. The van der Waals surface area contributed by atoms with E-state index >= 15 is 0 Å². The monoisotopic (exact) mass is 274 g/mol. The van der Waals surface area contributed by atoms with E-state index in [9.17, 15) is 5.11 Å². The van der Waals surface area contributed by atoms with Gasteiger partial charge in [0.2, 0.25) is 5.88 Å². The van der Waals surface area contributed by atoms with Gasteiger partial charge < -0.3 is 10.1 Å². The van der Waals surface area contributed by atoms with Crippen molar-refractivity contribution in [3.63, 3.8) is 0 Å². The minimum Gasteiger partial charge on any atom is -0.493 e. The van der Waals surface area contributed by atoms with Gasteiger partial charge in [-0.2, -0.15) is 4.98 Å². The first-order valence-corrected chi connectivity index (χ1v) is 6.48. The molecule has 0 spiro atoms. The Morgan fingerprint density at radius 1 is 1.65 bits per heavy atom. The molecular weight excluding hydrogens is 260 g/mol. The summed E-state index contributed by atoms with van der Waals surface area (Å²) in [5.41, 5.74) is 2.94. The SMILES string of the molecule is CCN(N)/C(=C/Cl)CSc1nc(C)cc(O)n1. The van der Waals surface area contributed by atoms with Crippen molar-refractivity contribution in [3.8, 4) is 5.88 Å². The third-order valence-corrected chi connectivity index (χ3v) is 3.14. The summed E-state index contributed by atoms with van der Waals surface area (Å²) in [5, 5.41) is 11.4. The molecule has 0 amide bonds. The summed E-state index contributed by atoms with van der Waals surface area (Å²) in [6.45, 7) is 4.39. The third kappa shape index (κ3) is 4.41. The van der Waals surface area contributed by atoms with Crippen LogP contribution < -0.4 is 5.84 Å². The Morgan fingerprint density at radius 2 is 2.35 bits per heavy atom. The van der Waals surface area contributed by atoms with Gasteiger partial charge in [0.25, 0.3) is 0 Å². The molecule has 0 aliphatic carbocycles. The Bertz CT molecular complexity index is 393. The van der Waals surface area contributed by atoms with Gasteiger partial charge in [-0.15, -0.1) is 0 Å². The summed E-state index contributed by atoms with van der Waals surface area (Å²) < 4.78 is 0. The number of nitrogens with zero attached hydrogens (tertiary/aromatic N) is 3. The van der Waals surface area contributed by atoms with E-state index < -0.39 is 0 Å². The highest BCUT2D eigenvalue weighted by Crippen LogP contribution is 2.20. The molecule has 1 aromatic rings. The van der Waals surface area contributed by atoms with E-state index in [-0.39, 0.29) is 5.88 Å². The lowest BCUT2D eigenvalue weighted by Gasteiger charge is -2.18. The van der Waals surface area contributed by atoms with Gasteiger partial charge in [-0.3, -0.25) is 0 Å². The van der Waals surface area contributed by atoms with Crippen molar-refractivity contribution in [3.05, 3.63) is 23.0 Å². The van der Waals surface area contributed by atoms with Crippen LogP contribution in [0.2, 0.25) is 0 Å². The number of halogens is 1. The van der Waals surface area contributed by atoms with Crippen molar-refractivity contribution < 1.29 is 5.11 Å². The Balaban J connectivity index is 2.66. The van der Waals surface area contributed by atoms with Crippen LogP contribution in [-0.2, 0) is 0 Å². The first kappa shape index (κ1) is 14.1. The smallest absolute Gasteiger partial charge is 0.215 e. The minimum atomic E-state index is -0.0310. The molecule has 0 unspecified atom stereocenters. The molecule has 1 aromatic heterocycles. The van der Waals surface area contributed by atoms with Crippen molar-refractivity contribution in [2.75, 3.05) is 12.3 Å². The summed E-state index contributed by atoms with van der Waals surface area (Å²) in [6, 6.07) is 1.50. The number of hydrogen-bond donors (Lipinski definition) is 2. The Hall–Kier alpha value is -0.980. The molecule has 7 heteroatoms. The molecule has 0 radical (unpaired) electrons. The lowest BCUT2D eigenvalue weighted by molar-refractivity contribution is 0.383. The van der Waals surface area contributed by atoms with Crippen LogP contribution in [-0.4, -0.2) is 32.4 Å². The number of aromatic hydroxyl groups is 1. The highest BCUT2D eigenvalue weighted by molar-refractivity contribution is 7.99. The Kier molecular flexibility index (Phi) is 5.54. The molecule has 3 N–H and O–H groups in total. The van der Waals surface area contributed by atoms with Crippen molar-refractivity contribution in [1.29, 1.82) is 0 Å². The molecule has 0 saturated carbocycles. The summed E-state index contributed by atoms with van der Waals surface area (Å²) in [5.74, 6) is 6.25. The summed E-state index contributed by atoms with van der Waals surface area (Å²) in [6.07, 6.45) is 0. The second-order valence-electron chi connectivity index (χ2n) is 3.33. The van der Waals surface area contributed by atoms with Crippen LogP contribution in [0.15, 0.2) is 22.5 Å². The van der Waals surface area contributed by atoms with E-state index in [0.29, 0.717) is 17.5 Å². The van der Waals surface area contributed by atoms with E-state index in [0.717, 1.165) is 11.4 Å². The first-order valence-electron chi connectivity index (χ1n) is 5.05. The summed E-state index contributed by atoms with van der Waals surface area (Å²) >= 11 is 7.05. The predicted octanol–water partition coefficient (Wildman–Crippen LogP) is 1.86. The quantitative estimate of drug-likeness (QED) is 0.369. The number of hydrazine groups is 1. The van der Waals surface area contributed by atoms with Gasteiger partial charge in [0.05, 0.1) is 5.70 Å². The molecular formula is C10H15ClN4OS. The minimum absolute atomic E-state index is 0.0310. The van der Waals surface area contributed by atoms with Crippen molar-refractivity contribution in [2.24, 2.45) is 5.84 Å². The van der Waals surface area contributed by atoms with Gasteiger partial charge >= 0.3 is 0 Å². The highest BCUT2D eigenvalue weighted by Gasteiger charge is 2.07. The van der Waals surface area contributed by atoms with Crippen LogP contribution in [0.4, 0.5) is 0 Å². The fourth-order valence-corrected chi connectivity index (χ4v) is 2.30. The lowest BCUT2D eigenvalue weighted by atomic mass is 10.4. The fraction of sp³-hybridized carbons (Fsp3) is 0.400. The number of hydrogen-bond acceptors (Lipinski definition) is 6. The lowest BCUT2D eigenvalue weighted by Crippen LogP contribution is -2.30. The second kappa shape index (κ2) is 6.68. The molecule has 1 rings (SSSR count). The number of aryl methyl sites for hydroxylation is 1. The highest BCUT2D eigenvalue weighted by atomic mass is 35.5. The molecule has 0 bridgehead atoms. The molecule has 0 saturated heterocycles. The molecule has 0 fully saturated rings. The van der Waals surface area contributed by atoms with Crippen LogP contribution >= 0.6 is 23.4 Å². The van der Waals surface area contributed by atoms with Crippen LogP contribution in [0.5, 0.6) is 5.88 Å². The van der Waals surface area contributed by atoms with Crippen LogP contribution in [0.1, 0.15) is 12.6 Å². The molecule has 17 heavy (non-hydrogen) atoms. The molecule has 1 heterocycles. The van der Waals surface area contributed by atoms with Gasteiger partial charge in [0, 0.05) is 29.6 Å². The Labute approximate surface area is 110 Å². The summed E-state index contributed by atoms with van der Waals surface area (Å²) in [4.78, 5) is 8.09. The van der Waals surface area contributed by atoms with Gasteiger partial charge in [-0.25, -0.2) is 10.8 Å². The number of thioether (sulfide) groups is 1. The number of rotatable bonds is 5. The van der Waals surface area contributed by atoms with Crippen molar-refractivity contribution in [1.82, 2.24) is 15.0 Å². The van der Waals surface area contributed by atoms with Crippen molar-refractivity contribution in [2.45, 2.75) is 19.0 Å². The van der Waals surface area contributed by atoms with Gasteiger partial charge in [-0.05, 0) is 13.8 Å². The average molecular weight is 275 g/mol. The van der Waals surface area contributed by atoms with Crippen molar-refractivity contribution >= 4 is 23.4 Å². The van der Waals surface area contributed by atoms with E-state index in [2.05, 4.69) is 9.97 Å². The third-order valence-electron chi connectivity index (χ3n) is 2.00. The normalized spacial score (nSPS) is 11.6. The molecule has 94 valence electrons. The zero-order chi connectivity index (χ0) is 12.8. The standard InChI is InChI=1S/C10H15ClN4OS/c1-3-15(12)8(5-11)6-17-10-13-7(2)4-9(16)14-10/h4-5H,3,6,12H2,1-2H3,(H,13,14,16)/b8-5+. The van der Waals surface area contributed by atoms with Gasteiger partial charge in [-0.1, -0.05) is 23.4 Å². The molecule has 0 aromatic carbocycles. The van der Waals surface area contributed by atoms with E-state index in [1.54, 1.807) is 11.9 Å². The number of aromatic nitrogens is 2. The van der Waals surface area contributed by atoms with Crippen LogP contribution in [0.25, 0.3) is 0 Å². The predicted molar refractivity (Wildman–Crippen MR) is 69.7 cm³/mol. The van der Waals surface area contributed by atoms with Gasteiger partial charge in [0.1, 0.15) is 0 Å². The van der Waals surface area contributed by atoms with E-state index in [1.165, 1.54) is 23.4 Å². The first-order chi connectivity index (χ1) is 8.06. The van der Waals surface area contributed by atoms with Crippen LogP contribution in [0, 0.1) is 6.92 Å². The van der Waals surface area contributed by atoms with E-state index in [1.807, 2.05) is 6.92 Å². The molecule has 0 aliphatic rings.